The number of hydrogen-bond acceptors (Lipinski definition) is 7. The third kappa shape index (κ3) is 7.10. The lowest BCUT2D eigenvalue weighted by Crippen LogP contribution is -2.56. The zero-order valence-corrected chi connectivity index (χ0v) is 25.4. The predicted octanol–water partition coefficient (Wildman–Crippen LogP) is 4.52. The Labute approximate surface area is 248 Å². The molecule has 1 aliphatic heterocycles. The van der Waals surface area contributed by atoms with Gasteiger partial charge in [-0.3, -0.25) is 14.7 Å². The summed E-state index contributed by atoms with van der Waals surface area (Å²) in [5.74, 6) is 0.497. The van der Waals surface area contributed by atoms with Crippen molar-refractivity contribution in [2.75, 3.05) is 47.9 Å². The van der Waals surface area contributed by atoms with Crippen molar-refractivity contribution in [1.82, 2.24) is 29.7 Å². The number of aldehydes is 1. The van der Waals surface area contributed by atoms with E-state index >= 15 is 0 Å². The number of nitrogens with zero attached hydrogens (tertiary/aromatic N) is 5. The van der Waals surface area contributed by atoms with Crippen LogP contribution in [-0.4, -0.2) is 95.8 Å². The standard InChI is InChI=1S/C30H33N5O3.C3H9N/c1-30(2,38-3)29-32-25-19-31-18-24(26(25)33-29)28(37)34-15-16-35(23(20-34)14-17-36)27(21-10-6-4-7-11-21)22-12-8-5-9-13-22;1-4(2)3/h4-13,17-19,23,27H,14-16,20H2,1-3H3,(H,32,33);1-3H3. The molecule has 2 aromatic heterocycles. The Kier molecular flexibility index (Phi) is 10.2. The van der Waals surface area contributed by atoms with Gasteiger partial charge in [0.05, 0.1) is 23.3 Å². The van der Waals surface area contributed by atoms with Gasteiger partial charge in [-0.1, -0.05) is 60.7 Å². The first kappa shape index (κ1) is 31.0. The monoisotopic (exact) mass is 570 g/mol. The lowest BCUT2D eigenvalue weighted by molar-refractivity contribution is -0.109. The van der Waals surface area contributed by atoms with Crippen molar-refractivity contribution in [3.63, 3.8) is 0 Å². The SMILES string of the molecule is CN(C)C.COC(C)(C)c1nc2c(C(=O)N3CCN(C(c4ccccc4)c4ccccc4)C(CC=O)C3)cncc2[nH]1. The van der Waals surface area contributed by atoms with Crippen molar-refractivity contribution >= 4 is 23.2 Å². The van der Waals surface area contributed by atoms with Crippen LogP contribution in [-0.2, 0) is 15.1 Å². The summed E-state index contributed by atoms with van der Waals surface area (Å²) in [6.45, 7) is 5.43. The molecule has 1 saturated heterocycles. The molecule has 3 heterocycles. The first-order valence-electron chi connectivity index (χ1n) is 14.2. The molecule has 2 aromatic carbocycles. The molecular formula is C33H42N6O3. The zero-order valence-electron chi connectivity index (χ0n) is 25.4. The number of imidazole rings is 1. The van der Waals surface area contributed by atoms with E-state index in [9.17, 15) is 9.59 Å². The molecule has 42 heavy (non-hydrogen) atoms. The molecule has 1 fully saturated rings. The van der Waals surface area contributed by atoms with Crippen molar-refractivity contribution in [2.24, 2.45) is 0 Å². The van der Waals surface area contributed by atoms with Crippen molar-refractivity contribution in [3.8, 4) is 0 Å². The molecule has 0 saturated carbocycles. The van der Waals surface area contributed by atoms with Gasteiger partial charge >= 0.3 is 0 Å². The Hall–Kier alpha value is -3.92. The molecular weight excluding hydrogens is 528 g/mol. The maximum Gasteiger partial charge on any atom is 0.257 e. The van der Waals surface area contributed by atoms with E-state index in [-0.39, 0.29) is 18.0 Å². The Balaban J connectivity index is 0.000000952. The minimum Gasteiger partial charge on any atom is -0.371 e. The highest BCUT2D eigenvalue weighted by Gasteiger charge is 2.36. The van der Waals surface area contributed by atoms with Crippen LogP contribution in [0.3, 0.4) is 0 Å². The van der Waals surface area contributed by atoms with Crippen LogP contribution in [0.15, 0.2) is 73.1 Å². The molecule has 222 valence electrons. The molecule has 1 unspecified atom stereocenters. The van der Waals surface area contributed by atoms with Crippen LogP contribution in [0, 0.1) is 0 Å². The van der Waals surface area contributed by atoms with Gasteiger partial charge in [-0.15, -0.1) is 0 Å². The van der Waals surface area contributed by atoms with Gasteiger partial charge in [0.2, 0.25) is 0 Å². The van der Waals surface area contributed by atoms with E-state index in [1.807, 2.05) is 81.2 Å². The number of carbonyl (C=O) groups is 2. The molecule has 1 amide bonds. The fourth-order valence-electron chi connectivity index (χ4n) is 5.20. The minimum atomic E-state index is -0.635. The summed E-state index contributed by atoms with van der Waals surface area (Å²) in [7, 11) is 7.63. The van der Waals surface area contributed by atoms with Gasteiger partial charge in [-0.2, -0.15) is 0 Å². The number of H-pyrrole nitrogens is 1. The molecule has 0 radical (unpaired) electrons. The topological polar surface area (TPSA) is 94.7 Å². The van der Waals surface area contributed by atoms with Gasteiger partial charge in [0.15, 0.2) is 0 Å². The van der Waals surface area contributed by atoms with Gasteiger partial charge in [0.1, 0.15) is 23.2 Å². The first-order valence-corrected chi connectivity index (χ1v) is 14.2. The quantitative estimate of drug-likeness (QED) is 0.311. The molecule has 9 nitrogen and oxygen atoms in total. The van der Waals surface area contributed by atoms with E-state index in [1.54, 1.807) is 19.5 Å². The van der Waals surface area contributed by atoms with Crippen molar-refractivity contribution in [2.45, 2.75) is 38.0 Å². The minimum absolute atomic E-state index is 0.0186. The predicted molar refractivity (Wildman–Crippen MR) is 165 cm³/mol. The van der Waals surface area contributed by atoms with Crippen LogP contribution >= 0.6 is 0 Å². The molecule has 5 rings (SSSR count). The zero-order chi connectivity index (χ0) is 30.3. The van der Waals surface area contributed by atoms with Gasteiger partial charge < -0.3 is 24.3 Å². The second kappa shape index (κ2) is 13.8. The number of pyridine rings is 1. The number of ether oxygens (including phenoxy) is 1. The number of nitrogens with one attached hydrogen (secondary N) is 1. The molecule has 4 aromatic rings. The van der Waals surface area contributed by atoms with Gasteiger partial charge in [-0.05, 0) is 46.1 Å². The highest BCUT2D eigenvalue weighted by Crippen LogP contribution is 2.33. The van der Waals surface area contributed by atoms with Crippen LogP contribution < -0.4 is 0 Å². The first-order chi connectivity index (χ1) is 20.2. The summed E-state index contributed by atoms with van der Waals surface area (Å²) < 4.78 is 5.57. The third-order valence-electron chi connectivity index (χ3n) is 7.45. The summed E-state index contributed by atoms with van der Waals surface area (Å²) >= 11 is 0. The largest absolute Gasteiger partial charge is 0.371 e. The fourth-order valence-corrected chi connectivity index (χ4v) is 5.20. The van der Waals surface area contributed by atoms with Gasteiger partial charge in [0.25, 0.3) is 5.91 Å². The second-order valence-corrected chi connectivity index (χ2v) is 11.5. The van der Waals surface area contributed by atoms with Crippen LogP contribution in [0.25, 0.3) is 11.0 Å². The van der Waals surface area contributed by atoms with Crippen LogP contribution in [0.5, 0.6) is 0 Å². The van der Waals surface area contributed by atoms with Crippen molar-refractivity contribution in [1.29, 1.82) is 0 Å². The molecule has 9 heteroatoms. The number of fused-ring (bicyclic) bond motifs is 1. The van der Waals surface area contributed by atoms with Crippen molar-refractivity contribution in [3.05, 3.63) is 95.6 Å². The molecule has 1 atom stereocenters. The number of rotatable bonds is 8. The van der Waals surface area contributed by atoms with Gasteiger partial charge in [0, 0.05) is 45.4 Å². The Morgan fingerprint density at radius 3 is 2.19 bits per heavy atom. The molecule has 1 aliphatic rings. The third-order valence-corrected chi connectivity index (χ3v) is 7.45. The average Bonchev–Trinajstić information content (AvgIpc) is 3.44. The van der Waals surface area contributed by atoms with E-state index in [0.29, 0.717) is 48.5 Å². The van der Waals surface area contributed by atoms with E-state index in [1.165, 1.54) is 0 Å². The van der Waals surface area contributed by atoms with E-state index in [2.05, 4.69) is 39.1 Å². The van der Waals surface area contributed by atoms with Gasteiger partial charge in [-0.25, -0.2) is 4.98 Å². The van der Waals surface area contributed by atoms with Crippen molar-refractivity contribution < 1.29 is 14.3 Å². The number of methoxy groups -OCH3 is 1. The van der Waals surface area contributed by atoms with Crippen LogP contribution in [0.1, 0.15) is 53.6 Å². The molecule has 0 aliphatic carbocycles. The summed E-state index contributed by atoms with van der Waals surface area (Å²) in [6, 6.07) is 20.5. The number of carbonyl (C=O) groups excluding carboxylic acids is 2. The van der Waals surface area contributed by atoms with E-state index in [0.717, 1.165) is 17.4 Å². The summed E-state index contributed by atoms with van der Waals surface area (Å²) in [6.07, 6.45) is 4.53. The second-order valence-electron chi connectivity index (χ2n) is 11.5. The maximum absolute atomic E-state index is 13.8. The number of aromatic amines is 1. The average molecular weight is 571 g/mol. The Morgan fingerprint density at radius 1 is 1.05 bits per heavy atom. The lowest BCUT2D eigenvalue weighted by Gasteiger charge is -2.45. The number of piperazine rings is 1. The highest BCUT2D eigenvalue weighted by molar-refractivity contribution is 6.04. The molecule has 0 bridgehead atoms. The van der Waals surface area contributed by atoms with Crippen LogP contribution in [0.4, 0.5) is 0 Å². The number of benzene rings is 2. The Morgan fingerprint density at radius 2 is 1.64 bits per heavy atom. The fraction of sp³-hybridized carbons (Fsp3) is 0.394. The molecule has 0 spiro atoms. The summed E-state index contributed by atoms with van der Waals surface area (Å²) in [5, 5.41) is 0. The van der Waals surface area contributed by atoms with E-state index < -0.39 is 5.60 Å². The number of aromatic nitrogens is 3. The normalized spacial score (nSPS) is 16.0. The number of hydrogen-bond donors (Lipinski definition) is 1. The molecule has 1 N–H and O–H groups in total. The van der Waals surface area contributed by atoms with Crippen LogP contribution in [0.2, 0.25) is 0 Å². The summed E-state index contributed by atoms with van der Waals surface area (Å²) in [5.41, 5.74) is 3.39. The number of amides is 1. The summed E-state index contributed by atoms with van der Waals surface area (Å²) in [4.78, 5) is 44.0. The van der Waals surface area contributed by atoms with E-state index in [4.69, 9.17) is 9.72 Å². The lowest BCUT2D eigenvalue weighted by atomic mass is 9.93. The highest BCUT2D eigenvalue weighted by atomic mass is 16.5. The Bertz CT molecular complexity index is 1410. The maximum atomic E-state index is 13.8. The smallest absolute Gasteiger partial charge is 0.257 e.